The lowest BCUT2D eigenvalue weighted by Gasteiger charge is -2.28. The lowest BCUT2D eigenvalue weighted by molar-refractivity contribution is -0.124. The number of hydrogen-bond acceptors (Lipinski definition) is 5. The van der Waals surface area contributed by atoms with E-state index in [4.69, 9.17) is 20.8 Å². The standard InChI is InChI=1S/C19H13ClN2O5/c20-12-5-6-15-11(7-12)8-16(27-15)19(25)26-10-18(24)22-9-17(23)21-13-3-1-2-4-14(13)22/h1-8H,9-10H2,(H,21,23). The van der Waals surface area contributed by atoms with Crippen LogP contribution in [0.3, 0.4) is 0 Å². The summed E-state index contributed by atoms with van der Waals surface area (Å²) in [6.07, 6.45) is 0. The van der Waals surface area contributed by atoms with Crippen molar-refractivity contribution in [2.24, 2.45) is 0 Å². The number of carbonyl (C=O) groups is 3. The van der Waals surface area contributed by atoms with Crippen molar-refractivity contribution in [3.63, 3.8) is 0 Å². The largest absolute Gasteiger partial charge is 0.450 e. The van der Waals surface area contributed by atoms with Crippen LogP contribution < -0.4 is 10.2 Å². The molecule has 0 saturated heterocycles. The van der Waals surface area contributed by atoms with Crippen LogP contribution in [0.1, 0.15) is 10.6 Å². The Hall–Kier alpha value is -3.32. The fourth-order valence-electron chi connectivity index (χ4n) is 2.85. The average Bonchev–Trinajstić information content (AvgIpc) is 3.08. The Bertz CT molecular complexity index is 1070. The molecular weight excluding hydrogens is 372 g/mol. The van der Waals surface area contributed by atoms with E-state index in [-0.39, 0.29) is 18.2 Å². The zero-order valence-electron chi connectivity index (χ0n) is 13.9. The molecule has 1 N–H and O–H groups in total. The molecule has 0 aliphatic carbocycles. The topological polar surface area (TPSA) is 88.8 Å². The fraction of sp³-hybridized carbons (Fsp3) is 0.105. The van der Waals surface area contributed by atoms with Gasteiger partial charge in [-0.2, -0.15) is 0 Å². The van der Waals surface area contributed by atoms with E-state index >= 15 is 0 Å². The van der Waals surface area contributed by atoms with Gasteiger partial charge in [-0.1, -0.05) is 23.7 Å². The molecule has 2 amide bonds. The van der Waals surface area contributed by atoms with E-state index in [9.17, 15) is 14.4 Å². The number of rotatable bonds is 3. The van der Waals surface area contributed by atoms with Gasteiger partial charge < -0.3 is 14.5 Å². The maximum Gasteiger partial charge on any atom is 0.374 e. The summed E-state index contributed by atoms with van der Waals surface area (Å²) in [5.74, 6) is -1.63. The molecule has 1 aromatic heterocycles. The number of halogens is 1. The SMILES string of the molecule is O=C1CN(C(=O)COC(=O)c2cc3cc(Cl)ccc3o2)c2ccccc2N1. The highest BCUT2D eigenvalue weighted by molar-refractivity contribution is 6.31. The highest BCUT2D eigenvalue weighted by Crippen LogP contribution is 2.29. The van der Waals surface area contributed by atoms with Gasteiger partial charge in [-0.05, 0) is 36.4 Å². The van der Waals surface area contributed by atoms with E-state index in [0.717, 1.165) is 0 Å². The number of nitrogens with one attached hydrogen (secondary N) is 1. The van der Waals surface area contributed by atoms with Gasteiger partial charge in [0.05, 0.1) is 11.4 Å². The summed E-state index contributed by atoms with van der Waals surface area (Å²) in [7, 11) is 0. The van der Waals surface area contributed by atoms with Crippen LogP contribution >= 0.6 is 11.6 Å². The first-order valence-electron chi connectivity index (χ1n) is 8.07. The highest BCUT2D eigenvalue weighted by atomic mass is 35.5. The van der Waals surface area contributed by atoms with Gasteiger partial charge in [-0.25, -0.2) is 4.79 Å². The van der Waals surface area contributed by atoms with Crippen molar-refractivity contribution >= 4 is 51.7 Å². The van der Waals surface area contributed by atoms with E-state index < -0.39 is 18.5 Å². The van der Waals surface area contributed by atoms with Crippen LogP contribution in [0.4, 0.5) is 11.4 Å². The van der Waals surface area contributed by atoms with Crippen LogP contribution in [-0.4, -0.2) is 30.9 Å². The van der Waals surface area contributed by atoms with E-state index in [1.807, 2.05) is 0 Å². The lowest BCUT2D eigenvalue weighted by Crippen LogP contribution is -2.44. The van der Waals surface area contributed by atoms with Gasteiger partial charge >= 0.3 is 5.97 Å². The molecule has 0 unspecified atom stereocenters. The molecule has 4 rings (SSSR count). The molecule has 2 heterocycles. The van der Waals surface area contributed by atoms with Crippen LogP contribution in [0.5, 0.6) is 0 Å². The van der Waals surface area contributed by atoms with E-state index in [1.54, 1.807) is 42.5 Å². The minimum atomic E-state index is -0.773. The number of hydrogen-bond donors (Lipinski definition) is 1. The summed E-state index contributed by atoms with van der Waals surface area (Å²) in [4.78, 5) is 37.7. The Kier molecular flexibility index (Phi) is 4.29. The maximum absolute atomic E-state index is 12.5. The minimum absolute atomic E-state index is 0.0307. The first-order valence-corrected chi connectivity index (χ1v) is 8.44. The lowest BCUT2D eigenvalue weighted by atomic mass is 10.2. The molecule has 7 nitrogen and oxygen atoms in total. The molecule has 27 heavy (non-hydrogen) atoms. The van der Waals surface area contributed by atoms with Crippen molar-refractivity contribution in [1.82, 2.24) is 0 Å². The first-order chi connectivity index (χ1) is 13.0. The molecule has 0 radical (unpaired) electrons. The minimum Gasteiger partial charge on any atom is -0.450 e. The first kappa shape index (κ1) is 17.1. The van der Waals surface area contributed by atoms with Crippen LogP contribution in [0.2, 0.25) is 5.02 Å². The Morgan fingerprint density at radius 3 is 2.85 bits per heavy atom. The molecule has 0 atom stereocenters. The Morgan fingerprint density at radius 1 is 1.19 bits per heavy atom. The van der Waals surface area contributed by atoms with Crippen LogP contribution in [0.15, 0.2) is 52.9 Å². The number of ether oxygens (including phenoxy) is 1. The molecule has 2 aromatic carbocycles. The molecule has 136 valence electrons. The summed E-state index contributed by atoms with van der Waals surface area (Å²) in [5, 5.41) is 3.86. The second kappa shape index (κ2) is 6.77. The van der Waals surface area contributed by atoms with Gasteiger partial charge in [0.15, 0.2) is 6.61 Å². The fourth-order valence-corrected chi connectivity index (χ4v) is 3.03. The third kappa shape index (κ3) is 3.37. The van der Waals surface area contributed by atoms with Gasteiger partial charge in [0.25, 0.3) is 5.91 Å². The number of fused-ring (bicyclic) bond motifs is 2. The number of furan rings is 1. The van der Waals surface area contributed by atoms with Crippen molar-refractivity contribution in [3.8, 4) is 0 Å². The number of anilines is 2. The zero-order valence-corrected chi connectivity index (χ0v) is 14.7. The molecule has 0 saturated carbocycles. The van der Waals surface area contributed by atoms with Crippen LogP contribution in [-0.2, 0) is 14.3 Å². The smallest absolute Gasteiger partial charge is 0.374 e. The van der Waals surface area contributed by atoms with Crippen molar-refractivity contribution in [2.45, 2.75) is 0 Å². The predicted molar refractivity (Wildman–Crippen MR) is 98.9 cm³/mol. The van der Waals surface area contributed by atoms with Gasteiger partial charge in [0, 0.05) is 10.4 Å². The second-order valence-electron chi connectivity index (χ2n) is 5.91. The summed E-state index contributed by atoms with van der Waals surface area (Å²) in [6, 6.07) is 13.3. The van der Waals surface area contributed by atoms with Crippen molar-refractivity contribution in [1.29, 1.82) is 0 Å². The Labute approximate surface area is 158 Å². The van der Waals surface area contributed by atoms with Gasteiger partial charge in [0.2, 0.25) is 11.7 Å². The Morgan fingerprint density at radius 2 is 2.00 bits per heavy atom. The third-order valence-electron chi connectivity index (χ3n) is 4.08. The van der Waals surface area contributed by atoms with Gasteiger partial charge in [-0.15, -0.1) is 0 Å². The Balaban J connectivity index is 1.47. The van der Waals surface area contributed by atoms with E-state index in [0.29, 0.717) is 27.4 Å². The zero-order chi connectivity index (χ0) is 19.0. The summed E-state index contributed by atoms with van der Waals surface area (Å²) >= 11 is 5.91. The van der Waals surface area contributed by atoms with Crippen molar-refractivity contribution in [2.75, 3.05) is 23.4 Å². The second-order valence-corrected chi connectivity index (χ2v) is 6.35. The number of carbonyl (C=O) groups excluding carboxylic acids is 3. The van der Waals surface area contributed by atoms with Crippen LogP contribution in [0, 0.1) is 0 Å². The molecule has 0 spiro atoms. The normalized spacial score (nSPS) is 13.2. The summed E-state index contributed by atoms with van der Waals surface area (Å²) in [6.45, 7) is -0.658. The third-order valence-corrected chi connectivity index (χ3v) is 4.31. The van der Waals surface area contributed by atoms with Crippen molar-refractivity contribution < 1.29 is 23.5 Å². The number of para-hydroxylation sites is 2. The molecule has 8 heteroatoms. The molecule has 1 aliphatic rings. The van der Waals surface area contributed by atoms with E-state index in [2.05, 4.69) is 5.32 Å². The molecular formula is C19H13ClN2O5. The summed E-state index contributed by atoms with van der Waals surface area (Å²) in [5.41, 5.74) is 1.57. The summed E-state index contributed by atoms with van der Waals surface area (Å²) < 4.78 is 10.5. The molecule has 0 bridgehead atoms. The number of esters is 1. The highest BCUT2D eigenvalue weighted by Gasteiger charge is 2.27. The van der Waals surface area contributed by atoms with E-state index in [1.165, 1.54) is 11.0 Å². The van der Waals surface area contributed by atoms with Gasteiger partial charge in [-0.3, -0.25) is 14.5 Å². The predicted octanol–water partition coefficient (Wildman–Crippen LogP) is 3.23. The number of benzene rings is 2. The quantitative estimate of drug-likeness (QED) is 0.700. The molecule has 0 fully saturated rings. The number of amides is 2. The van der Waals surface area contributed by atoms with Crippen LogP contribution in [0.25, 0.3) is 11.0 Å². The van der Waals surface area contributed by atoms with Crippen molar-refractivity contribution in [3.05, 3.63) is 59.3 Å². The molecule has 3 aromatic rings. The number of nitrogens with zero attached hydrogens (tertiary/aromatic N) is 1. The molecule has 1 aliphatic heterocycles. The maximum atomic E-state index is 12.5. The monoisotopic (exact) mass is 384 g/mol. The average molecular weight is 385 g/mol. The van der Waals surface area contributed by atoms with Gasteiger partial charge in [0.1, 0.15) is 12.1 Å².